The van der Waals surface area contributed by atoms with Crippen LogP contribution < -0.4 is 14.5 Å². The number of carbonyl (C=O) groups excluding carboxylic acids is 2. The molecule has 4 aromatic rings. The number of nitrogens with zero attached hydrogens (tertiary/aromatic N) is 1. The molecule has 0 spiro atoms. The van der Waals surface area contributed by atoms with E-state index in [0.29, 0.717) is 12.3 Å². The van der Waals surface area contributed by atoms with Gasteiger partial charge in [0, 0.05) is 26.1 Å². The highest BCUT2D eigenvalue weighted by molar-refractivity contribution is 9.10. The molecule has 1 aromatic heterocycles. The number of anilines is 1. The Labute approximate surface area is 259 Å². The van der Waals surface area contributed by atoms with Crippen molar-refractivity contribution in [1.82, 2.24) is 4.98 Å². The van der Waals surface area contributed by atoms with Crippen LogP contribution in [-0.4, -0.2) is 22.0 Å². The number of fused-ring (bicyclic) bond motifs is 9. The van der Waals surface area contributed by atoms with Crippen molar-refractivity contribution in [3.8, 4) is 5.75 Å². The Hall–Kier alpha value is -3.14. The van der Waals surface area contributed by atoms with E-state index in [4.69, 9.17) is 4.74 Å². The van der Waals surface area contributed by atoms with E-state index in [1.165, 1.54) is 21.8 Å². The summed E-state index contributed by atoms with van der Waals surface area (Å²) in [5, 5.41) is 1.01. The molecule has 9 heteroatoms. The number of imide groups is 1. The molecule has 2 saturated carbocycles. The van der Waals surface area contributed by atoms with Gasteiger partial charge in [-0.3, -0.25) is 19.3 Å². The van der Waals surface area contributed by atoms with Gasteiger partial charge < -0.3 is 9.72 Å². The second-order valence-electron chi connectivity index (χ2n) is 11.8. The minimum atomic E-state index is -0.339. The molecule has 7 atom stereocenters. The lowest BCUT2D eigenvalue weighted by atomic mass is 9.68. The highest BCUT2D eigenvalue weighted by Gasteiger charge is 2.69. The van der Waals surface area contributed by atoms with Gasteiger partial charge in [-0.15, -0.1) is 11.8 Å². The van der Waals surface area contributed by atoms with Crippen LogP contribution in [-0.2, 0) is 16.2 Å². The lowest BCUT2D eigenvalue weighted by Crippen LogP contribution is -2.42. The Kier molecular flexibility index (Phi) is 6.28. The zero-order valence-corrected chi connectivity index (χ0v) is 25.9. The predicted octanol–water partition coefficient (Wildman–Crippen LogP) is 6.76. The van der Waals surface area contributed by atoms with Gasteiger partial charge in [0.15, 0.2) is 0 Å². The summed E-state index contributed by atoms with van der Waals surface area (Å²) in [7, 11) is 0. The molecule has 3 heterocycles. The number of carbonyl (C=O) groups is 2. The number of aryl methyl sites for hydroxylation is 1. The molecule has 6 nitrogen and oxygen atoms in total. The number of halogens is 1. The van der Waals surface area contributed by atoms with Gasteiger partial charge >= 0.3 is 4.87 Å². The number of ether oxygens (including phenoxy) is 1. The second-order valence-corrected chi connectivity index (χ2v) is 14.9. The van der Waals surface area contributed by atoms with E-state index < -0.39 is 0 Å². The van der Waals surface area contributed by atoms with E-state index in [-0.39, 0.29) is 57.4 Å². The Morgan fingerprint density at radius 1 is 0.952 bits per heavy atom. The monoisotopic (exact) mass is 658 g/mol. The van der Waals surface area contributed by atoms with Gasteiger partial charge in [0.05, 0.1) is 22.5 Å². The maximum absolute atomic E-state index is 14.0. The van der Waals surface area contributed by atoms with Crippen molar-refractivity contribution in [2.75, 3.05) is 4.90 Å². The number of hydrogen-bond donors (Lipinski definition) is 1. The number of hydrogen-bond acceptors (Lipinski definition) is 6. The molecule has 3 aromatic carbocycles. The third-order valence-electron chi connectivity index (χ3n) is 9.56. The van der Waals surface area contributed by atoms with E-state index in [0.717, 1.165) is 37.7 Å². The molecule has 212 valence electrons. The van der Waals surface area contributed by atoms with Crippen LogP contribution in [0.5, 0.6) is 5.75 Å². The van der Waals surface area contributed by atoms with Gasteiger partial charge in [-0.05, 0) is 67.0 Å². The van der Waals surface area contributed by atoms with Crippen LogP contribution in [0.4, 0.5) is 5.69 Å². The molecular weight excluding hydrogens is 632 g/mol. The number of nitrogens with one attached hydrogen (secondary N) is 1. The lowest BCUT2D eigenvalue weighted by molar-refractivity contribution is -0.123. The summed E-state index contributed by atoms with van der Waals surface area (Å²) < 4.78 is 7.41. The fourth-order valence-electron chi connectivity index (χ4n) is 7.94. The number of aromatic amines is 1. The zero-order valence-electron chi connectivity index (χ0n) is 22.7. The highest BCUT2D eigenvalue weighted by atomic mass is 79.9. The Bertz CT molecular complexity index is 1790. The summed E-state index contributed by atoms with van der Waals surface area (Å²) in [6, 6.07) is 23.7. The first-order valence-electron chi connectivity index (χ1n) is 14.2. The number of amides is 2. The summed E-state index contributed by atoms with van der Waals surface area (Å²) in [5.41, 5.74) is 3.95. The van der Waals surface area contributed by atoms with Gasteiger partial charge in [-0.2, -0.15) is 0 Å². The number of para-hydroxylation sites is 1. The number of rotatable bonds is 5. The molecule has 1 saturated heterocycles. The zero-order chi connectivity index (χ0) is 28.7. The van der Waals surface area contributed by atoms with Crippen molar-refractivity contribution in [1.29, 1.82) is 0 Å². The molecule has 1 N–H and O–H groups in total. The third-order valence-corrected chi connectivity index (χ3v) is 12.6. The fourth-order valence-corrected chi connectivity index (χ4v) is 11.2. The van der Waals surface area contributed by atoms with Crippen molar-refractivity contribution < 1.29 is 14.3 Å². The Morgan fingerprint density at radius 3 is 2.45 bits per heavy atom. The van der Waals surface area contributed by atoms with Gasteiger partial charge in [-0.1, -0.05) is 75.3 Å². The Morgan fingerprint density at radius 2 is 1.69 bits per heavy atom. The first-order chi connectivity index (χ1) is 20.4. The standard InChI is InChI=1S/C33H27BrN2O4S2/c1-16-7-9-17(10-8-16)15-40-23-12-11-18(34)13-20(23)24-25-21-14-22(28(25)41-30-29(24)42-33(39)35-30)27-26(21)31(37)36(32(27)38)19-5-3-2-4-6-19/h2-13,21-22,24-28H,14-15H2,1H3,(H,35,39)/t21-,22-,24+,25+,26+,27+,28-/m1/s1. The molecule has 2 aliphatic carbocycles. The summed E-state index contributed by atoms with van der Waals surface area (Å²) >= 11 is 6.65. The highest BCUT2D eigenvalue weighted by Crippen LogP contribution is 2.69. The first kappa shape index (κ1) is 26.5. The molecule has 0 radical (unpaired) electrons. The molecular formula is C33H27BrN2O4S2. The van der Waals surface area contributed by atoms with Crippen molar-refractivity contribution in [3.63, 3.8) is 0 Å². The van der Waals surface area contributed by atoms with E-state index >= 15 is 0 Å². The van der Waals surface area contributed by atoms with Crippen LogP contribution in [0.1, 0.15) is 33.9 Å². The predicted molar refractivity (Wildman–Crippen MR) is 167 cm³/mol. The minimum Gasteiger partial charge on any atom is -0.489 e. The molecule has 3 fully saturated rings. The maximum Gasteiger partial charge on any atom is 0.305 e. The number of H-pyrrole nitrogens is 1. The van der Waals surface area contributed by atoms with Crippen LogP contribution in [0.2, 0.25) is 0 Å². The number of thioether (sulfide) groups is 1. The minimum absolute atomic E-state index is 0.0435. The van der Waals surface area contributed by atoms with Crippen molar-refractivity contribution in [3.05, 3.63) is 109 Å². The van der Waals surface area contributed by atoms with E-state index in [2.05, 4.69) is 58.2 Å². The molecule has 2 aliphatic heterocycles. The molecule has 2 bridgehead atoms. The normalized spacial score (nSPS) is 29.0. The van der Waals surface area contributed by atoms with E-state index in [1.807, 2.05) is 42.5 Å². The maximum atomic E-state index is 14.0. The second kappa shape index (κ2) is 9.96. The number of thiazole rings is 1. The number of benzene rings is 3. The van der Waals surface area contributed by atoms with Crippen LogP contribution in [0.25, 0.3) is 0 Å². The van der Waals surface area contributed by atoms with Crippen LogP contribution in [0, 0.1) is 36.5 Å². The molecule has 0 unspecified atom stereocenters. The molecule has 4 aliphatic rings. The smallest absolute Gasteiger partial charge is 0.305 e. The summed E-state index contributed by atoms with van der Waals surface area (Å²) in [6.07, 6.45) is 0.848. The SMILES string of the molecule is Cc1ccc(COc2ccc(Br)cc2[C@@H]2c3sc(=O)[nH]c3S[C@@H]3[C@@H]4C[C@@H]([C@@H]5C(=O)N(c6ccccc6)C(=O)[C@@H]45)[C@@H]23)cc1. The van der Waals surface area contributed by atoms with Crippen molar-refractivity contribution >= 4 is 56.5 Å². The third kappa shape index (κ3) is 4.00. The van der Waals surface area contributed by atoms with E-state index in [1.54, 1.807) is 11.8 Å². The van der Waals surface area contributed by atoms with Crippen LogP contribution in [0.3, 0.4) is 0 Å². The summed E-state index contributed by atoms with van der Waals surface area (Å²) in [6.45, 7) is 2.49. The van der Waals surface area contributed by atoms with Gasteiger partial charge in [0.2, 0.25) is 11.8 Å². The van der Waals surface area contributed by atoms with Gasteiger partial charge in [-0.25, -0.2) is 0 Å². The average Bonchev–Trinajstić information content (AvgIpc) is 3.72. The van der Waals surface area contributed by atoms with Gasteiger partial charge in [0.1, 0.15) is 12.4 Å². The van der Waals surface area contributed by atoms with Crippen molar-refractivity contribution in [2.24, 2.45) is 29.6 Å². The quantitative estimate of drug-likeness (QED) is 0.240. The summed E-state index contributed by atoms with van der Waals surface area (Å²) in [5.74, 6) is 0.0641. The average molecular weight is 660 g/mol. The lowest BCUT2D eigenvalue weighted by Gasteiger charge is -2.43. The molecule has 42 heavy (non-hydrogen) atoms. The van der Waals surface area contributed by atoms with Crippen LogP contribution in [0.15, 0.2) is 87.1 Å². The largest absolute Gasteiger partial charge is 0.489 e. The van der Waals surface area contributed by atoms with Gasteiger partial charge in [0.25, 0.3) is 0 Å². The Balaban J connectivity index is 1.20. The van der Waals surface area contributed by atoms with Crippen LogP contribution >= 0.6 is 39.0 Å². The first-order valence-corrected chi connectivity index (χ1v) is 16.7. The fraction of sp³-hybridized carbons (Fsp3) is 0.303. The van der Waals surface area contributed by atoms with E-state index in [9.17, 15) is 14.4 Å². The molecule has 8 rings (SSSR count). The van der Waals surface area contributed by atoms with Crippen molar-refractivity contribution in [2.45, 2.75) is 36.1 Å². The topological polar surface area (TPSA) is 79.5 Å². The molecule has 2 amide bonds. The summed E-state index contributed by atoms with van der Waals surface area (Å²) in [4.78, 5) is 46.0. The number of aromatic nitrogens is 1.